The highest BCUT2D eigenvalue weighted by Gasteiger charge is 2.23. The molecular formula is C19H31NO. The largest absolute Gasteiger partial charge is 0.369 e. The highest BCUT2D eigenvalue weighted by Crippen LogP contribution is 2.30. The first-order chi connectivity index (χ1) is 10.1. The van der Waals surface area contributed by atoms with Crippen LogP contribution in [-0.4, -0.2) is 18.7 Å². The molecule has 2 nitrogen and oxygen atoms in total. The molecule has 0 radical (unpaired) electrons. The van der Waals surface area contributed by atoms with Gasteiger partial charge in [-0.3, -0.25) is 0 Å². The van der Waals surface area contributed by atoms with Gasteiger partial charge < -0.3 is 10.1 Å². The van der Waals surface area contributed by atoms with E-state index in [1.54, 1.807) is 0 Å². The fourth-order valence-corrected chi connectivity index (χ4v) is 3.12. The lowest BCUT2D eigenvalue weighted by atomic mass is 9.88. The van der Waals surface area contributed by atoms with Crippen LogP contribution in [0.5, 0.6) is 0 Å². The van der Waals surface area contributed by atoms with Gasteiger partial charge in [-0.1, -0.05) is 45.0 Å². The Balaban J connectivity index is 2.03. The summed E-state index contributed by atoms with van der Waals surface area (Å²) in [7, 11) is 0. The maximum Gasteiger partial charge on any atom is 0.0955 e. The van der Waals surface area contributed by atoms with Crippen LogP contribution in [0, 0.1) is 12.8 Å². The van der Waals surface area contributed by atoms with Crippen molar-refractivity contribution in [3.8, 4) is 0 Å². The van der Waals surface area contributed by atoms with Crippen LogP contribution >= 0.6 is 0 Å². The zero-order valence-electron chi connectivity index (χ0n) is 14.1. The van der Waals surface area contributed by atoms with E-state index in [9.17, 15) is 0 Å². The third-order valence-electron chi connectivity index (χ3n) is 4.57. The van der Waals surface area contributed by atoms with Crippen LogP contribution in [0.1, 0.15) is 63.7 Å². The molecule has 1 aliphatic rings. The quantitative estimate of drug-likeness (QED) is 0.824. The maximum atomic E-state index is 6.49. The van der Waals surface area contributed by atoms with Gasteiger partial charge in [0.05, 0.1) is 12.2 Å². The van der Waals surface area contributed by atoms with Gasteiger partial charge in [0.1, 0.15) is 0 Å². The second-order valence-corrected chi connectivity index (χ2v) is 6.93. The minimum atomic E-state index is 0.173. The van der Waals surface area contributed by atoms with Crippen LogP contribution in [0.15, 0.2) is 24.3 Å². The number of hydrogen-bond acceptors (Lipinski definition) is 2. The molecule has 1 saturated carbocycles. The van der Waals surface area contributed by atoms with E-state index in [2.05, 4.69) is 57.3 Å². The summed E-state index contributed by atoms with van der Waals surface area (Å²) in [6.07, 6.45) is 5.65. The first-order valence-corrected chi connectivity index (χ1v) is 8.50. The SMILES string of the molecule is Cc1ccccc1C(CNC(C)C)OC1CCC(C)CC1. The molecule has 1 atom stereocenters. The van der Waals surface area contributed by atoms with Gasteiger partial charge in [-0.25, -0.2) is 0 Å². The molecule has 2 rings (SSSR count). The molecule has 0 bridgehead atoms. The van der Waals surface area contributed by atoms with E-state index >= 15 is 0 Å². The summed E-state index contributed by atoms with van der Waals surface area (Å²) in [5, 5.41) is 3.54. The number of benzene rings is 1. The molecule has 0 saturated heterocycles. The second-order valence-electron chi connectivity index (χ2n) is 6.93. The van der Waals surface area contributed by atoms with Gasteiger partial charge in [-0.15, -0.1) is 0 Å². The van der Waals surface area contributed by atoms with Gasteiger partial charge in [-0.2, -0.15) is 0 Å². The highest BCUT2D eigenvalue weighted by atomic mass is 16.5. The Bertz CT molecular complexity index is 421. The molecule has 0 amide bonds. The van der Waals surface area contributed by atoms with Crippen LogP contribution < -0.4 is 5.32 Å². The molecule has 0 heterocycles. The molecule has 1 N–H and O–H groups in total. The molecular weight excluding hydrogens is 258 g/mol. The molecule has 1 aromatic rings. The predicted octanol–water partition coefficient (Wildman–Crippen LogP) is 4.63. The van der Waals surface area contributed by atoms with Crippen LogP contribution in [-0.2, 0) is 4.74 Å². The van der Waals surface area contributed by atoms with E-state index in [0.717, 1.165) is 12.5 Å². The number of ether oxygens (including phenoxy) is 1. The topological polar surface area (TPSA) is 21.3 Å². The average molecular weight is 289 g/mol. The van der Waals surface area contributed by atoms with Crippen molar-refractivity contribution < 1.29 is 4.74 Å². The van der Waals surface area contributed by atoms with Gasteiger partial charge in [0.2, 0.25) is 0 Å². The minimum Gasteiger partial charge on any atom is -0.369 e. The Kier molecular flexibility index (Phi) is 6.25. The predicted molar refractivity (Wildman–Crippen MR) is 89.6 cm³/mol. The van der Waals surface area contributed by atoms with Crippen molar-refractivity contribution in [1.82, 2.24) is 5.32 Å². The lowest BCUT2D eigenvalue weighted by molar-refractivity contribution is -0.0371. The molecule has 21 heavy (non-hydrogen) atoms. The van der Waals surface area contributed by atoms with E-state index < -0.39 is 0 Å². The Labute approximate surface area is 130 Å². The van der Waals surface area contributed by atoms with Gasteiger partial charge >= 0.3 is 0 Å². The molecule has 1 fully saturated rings. The molecule has 1 aromatic carbocycles. The average Bonchev–Trinajstić information content (AvgIpc) is 2.46. The summed E-state index contributed by atoms with van der Waals surface area (Å²) in [5.74, 6) is 0.871. The van der Waals surface area contributed by atoms with Crippen molar-refractivity contribution in [2.45, 2.75) is 71.6 Å². The fraction of sp³-hybridized carbons (Fsp3) is 0.684. The van der Waals surface area contributed by atoms with Crippen molar-refractivity contribution in [3.63, 3.8) is 0 Å². The Morgan fingerprint density at radius 3 is 2.43 bits per heavy atom. The van der Waals surface area contributed by atoms with E-state index in [-0.39, 0.29) is 6.10 Å². The summed E-state index contributed by atoms with van der Waals surface area (Å²) >= 11 is 0. The van der Waals surface area contributed by atoms with Crippen molar-refractivity contribution >= 4 is 0 Å². The highest BCUT2D eigenvalue weighted by molar-refractivity contribution is 5.28. The van der Waals surface area contributed by atoms with E-state index in [1.165, 1.54) is 36.8 Å². The second kappa shape index (κ2) is 7.95. The van der Waals surface area contributed by atoms with Crippen LogP contribution in [0.25, 0.3) is 0 Å². The van der Waals surface area contributed by atoms with E-state index in [4.69, 9.17) is 4.74 Å². The van der Waals surface area contributed by atoms with Crippen molar-refractivity contribution in [2.24, 2.45) is 5.92 Å². The van der Waals surface area contributed by atoms with Gasteiger partial charge in [0, 0.05) is 12.6 Å². The molecule has 118 valence electrons. The van der Waals surface area contributed by atoms with Crippen molar-refractivity contribution in [2.75, 3.05) is 6.54 Å². The fourth-order valence-electron chi connectivity index (χ4n) is 3.12. The minimum absolute atomic E-state index is 0.173. The number of aryl methyl sites for hydroxylation is 1. The smallest absolute Gasteiger partial charge is 0.0955 e. The van der Waals surface area contributed by atoms with Crippen LogP contribution in [0.4, 0.5) is 0 Å². The summed E-state index contributed by atoms with van der Waals surface area (Å²) in [6.45, 7) is 9.82. The Hall–Kier alpha value is -0.860. The summed E-state index contributed by atoms with van der Waals surface area (Å²) in [5.41, 5.74) is 2.67. The monoisotopic (exact) mass is 289 g/mol. The third kappa shape index (κ3) is 5.12. The zero-order valence-corrected chi connectivity index (χ0v) is 14.1. The zero-order chi connectivity index (χ0) is 15.2. The van der Waals surface area contributed by atoms with Gasteiger partial charge in [0.15, 0.2) is 0 Å². The van der Waals surface area contributed by atoms with Gasteiger partial charge in [-0.05, 0) is 49.7 Å². The number of nitrogens with one attached hydrogen (secondary N) is 1. The lowest BCUT2D eigenvalue weighted by Gasteiger charge is -2.31. The molecule has 0 aliphatic heterocycles. The maximum absolute atomic E-state index is 6.49. The molecule has 1 unspecified atom stereocenters. The third-order valence-corrected chi connectivity index (χ3v) is 4.57. The van der Waals surface area contributed by atoms with Crippen LogP contribution in [0.2, 0.25) is 0 Å². The number of rotatable bonds is 6. The standard InChI is InChI=1S/C19H31NO/c1-14(2)20-13-19(18-8-6-5-7-16(18)4)21-17-11-9-15(3)10-12-17/h5-8,14-15,17,19-20H,9-13H2,1-4H3. The number of hydrogen-bond donors (Lipinski definition) is 1. The first kappa shape index (κ1) is 16.5. The van der Waals surface area contributed by atoms with Crippen molar-refractivity contribution in [1.29, 1.82) is 0 Å². The van der Waals surface area contributed by atoms with Crippen LogP contribution in [0.3, 0.4) is 0 Å². The molecule has 0 spiro atoms. The Morgan fingerprint density at radius 2 is 1.81 bits per heavy atom. The molecule has 2 heteroatoms. The molecule has 0 aromatic heterocycles. The summed E-state index contributed by atoms with van der Waals surface area (Å²) < 4.78 is 6.49. The Morgan fingerprint density at radius 1 is 1.14 bits per heavy atom. The summed E-state index contributed by atoms with van der Waals surface area (Å²) in [4.78, 5) is 0. The normalized spacial score (nSPS) is 24.2. The van der Waals surface area contributed by atoms with E-state index in [1.807, 2.05) is 0 Å². The first-order valence-electron chi connectivity index (χ1n) is 8.50. The van der Waals surface area contributed by atoms with Crippen molar-refractivity contribution in [3.05, 3.63) is 35.4 Å². The molecule has 1 aliphatic carbocycles. The lowest BCUT2D eigenvalue weighted by Crippen LogP contribution is -2.32. The van der Waals surface area contributed by atoms with Gasteiger partial charge in [0.25, 0.3) is 0 Å². The van der Waals surface area contributed by atoms with E-state index in [0.29, 0.717) is 12.1 Å². The summed E-state index contributed by atoms with van der Waals surface area (Å²) in [6, 6.07) is 9.12.